The molecule has 1 aliphatic heterocycles. The van der Waals surface area contributed by atoms with Crippen LogP contribution in [0.4, 0.5) is 10.1 Å². The number of nitrogens with one attached hydrogen (secondary N) is 1. The van der Waals surface area contributed by atoms with Gasteiger partial charge in [0.15, 0.2) is 5.82 Å². The fourth-order valence-electron chi connectivity index (χ4n) is 2.51. The predicted molar refractivity (Wildman–Crippen MR) is 74.9 cm³/mol. The molecule has 0 amide bonds. The van der Waals surface area contributed by atoms with Crippen molar-refractivity contribution < 1.29 is 4.39 Å². The second-order valence-corrected chi connectivity index (χ2v) is 5.71. The molecule has 1 unspecified atom stereocenters. The maximum atomic E-state index is 14.0. The normalized spacial score (nSPS) is 20.5. The molecule has 1 N–H and O–H groups in total. The molecule has 1 fully saturated rings. The molecule has 1 aromatic carbocycles. The molecular weight excluding hydrogens is 251 g/mol. The van der Waals surface area contributed by atoms with Crippen LogP contribution < -0.4 is 10.2 Å². The van der Waals surface area contributed by atoms with Crippen molar-refractivity contribution in [3.05, 3.63) is 29.0 Å². The Hall–Kier alpha value is -0.800. The number of hydrogen-bond donors (Lipinski definition) is 1. The molecule has 1 saturated heterocycles. The zero-order valence-corrected chi connectivity index (χ0v) is 11.7. The Morgan fingerprint density at radius 2 is 2.28 bits per heavy atom. The van der Waals surface area contributed by atoms with Crippen molar-refractivity contribution in [2.75, 3.05) is 24.5 Å². The fraction of sp³-hybridized carbons (Fsp3) is 0.571. The van der Waals surface area contributed by atoms with E-state index in [1.54, 1.807) is 18.2 Å². The van der Waals surface area contributed by atoms with E-state index in [2.05, 4.69) is 24.1 Å². The third-order valence-electron chi connectivity index (χ3n) is 3.28. The molecule has 1 heterocycles. The van der Waals surface area contributed by atoms with Gasteiger partial charge in [-0.25, -0.2) is 4.39 Å². The molecular formula is C14H20ClFN2. The van der Waals surface area contributed by atoms with Crippen LogP contribution in [-0.4, -0.2) is 25.7 Å². The van der Waals surface area contributed by atoms with E-state index in [-0.39, 0.29) is 10.8 Å². The minimum Gasteiger partial charge on any atom is -0.366 e. The van der Waals surface area contributed by atoms with Crippen molar-refractivity contribution in [2.45, 2.75) is 26.3 Å². The fourth-order valence-corrected chi connectivity index (χ4v) is 2.68. The number of halogens is 2. The smallest absolute Gasteiger partial charge is 0.165 e. The van der Waals surface area contributed by atoms with Gasteiger partial charge in [0.2, 0.25) is 0 Å². The molecule has 18 heavy (non-hydrogen) atoms. The van der Waals surface area contributed by atoms with Crippen molar-refractivity contribution in [1.82, 2.24) is 5.32 Å². The van der Waals surface area contributed by atoms with Crippen molar-refractivity contribution in [3.8, 4) is 0 Å². The Morgan fingerprint density at radius 1 is 1.50 bits per heavy atom. The van der Waals surface area contributed by atoms with Crippen LogP contribution in [0.25, 0.3) is 0 Å². The average molecular weight is 271 g/mol. The van der Waals surface area contributed by atoms with E-state index in [1.165, 1.54) is 0 Å². The maximum absolute atomic E-state index is 14.0. The topological polar surface area (TPSA) is 15.3 Å². The van der Waals surface area contributed by atoms with Gasteiger partial charge in [0.25, 0.3) is 0 Å². The molecule has 0 bridgehead atoms. The summed E-state index contributed by atoms with van der Waals surface area (Å²) in [7, 11) is 0. The summed E-state index contributed by atoms with van der Waals surface area (Å²) in [6, 6.07) is 5.63. The quantitative estimate of drug-likeness (QED) is 0.907. The van der Waals surface area contributed by atoms with Gasteiger partial charge in [0.1, 0.15) is 0 Å². The molecule has 0 spiro atoms. The highest BCUT2D eigenvalue weighted by molar-refractivity contribution is 6.31. The summed E-state index contributed by atoms with van der Waals surface area (Å²) in [5.41, 5.74) is 0.623. The number of nitrogens with zero attached hydrogens (tertiary/aromatic N) is 1. The minimum atomic E-state index is -0.302. The Kier molecular flexibility index (Phi) is 4.46. The summed E-state index contributed by atoms with van der Waals surface area (Å²) < 4.78 is 14.0. The summed E-state index contributed by atoms with van der Waals surface area (Å²) in [6.07, 6.45) is 1.11. The molecule has 100 valence electrons. The SMILES string of the molecule is CC(C)CC1CN(c2cccc(Cl)c2F)CCN1. The van der Waals surface area contributed by atoms with Gasteiger partial charge in [0, 0.05) is 25.7 Å². The summed E-state index contributed by atoms with van der Waals surface area (Å²) in [5.74, 6) is 0.344. The van der Waals surface area contributed by atoms with Gasteiger partial charge < -0.3 is 10.2 Å². The van der Waals surface area contributed by atoms with Crippen molar-refractivity contribution in [2.24, 2.45) is 5.92 Å². The molecule has 0 aromatic heterocycles. The van der Waals surface area contributed by atoms with Gasteiger partial charge in [-0.05, 0) is 24.5 Å². The van der Waals surface area contributed by atoms with Crippen LogP contribution in [0.3, 0.4) is 0 Å². The van der Waals surface area contributed by atoms with Gasteiger partial charge in [0.05, 0.1) is 10.7 Å². The maximum Gasteiger partial charge on any atom is 0.165 e. The summed E-state index contributed by atoms with van der Waals surface area (Å²) in [5, 5.41) is 3.69. The lowest BCUT2D eigenvalue weighted by molar-refractivity contribution is 0.386. The zero-order valence-electron chi connectivity index (χ0n) is 10.9. The van der Waals surface area contributed by atoms with E-state index in [0.29, 0.717) is 17.6 Å². The average Bonchev–Trinajstić information content (AvgIpc) is 2.32. The second-order valence-electron chi connectivity index (χ2n) is 5.30. The van der Waals surface area contributed by atoms with Crippen LogP contribution in [0.15, 0.2) is 18.2 Å². The first kappa shape index (κ1) is 13.6. The van der Waals surface area contributed by atoms with Crippen LogP contribution >= 0.6 is 11.6 Å². The highest BCUT2D eigenvalue weighted by Crippen LogP contribution is 2.26. The molecule has 1 aliphatic rings. The number of hydrogen-bond acceptors (Lipinski definition) is 2. The lowest BCUT2D eigenvalue weighted by atomic mass is 10.0. The third-order valence-corrected chi connectivity index (χ3v) is 3.58. The highest BCUT2D eigenvalue weighted by atomic mass is 35.5. The van der Waals surface area contributed by atoms with Gasteiger partial charge in [-0.3, -0.25) is 0 Å². The van der Waals surface area contributed by atoms with E-state index in [4.69, 9.17) is 11.6 Å². The number of piperazine rings is 1. The largest absolute Gasteiger partial charge is 0.366 e. The van der Waals surface area contributed by atoms with Crippen LogP contribution in [-0.2, 0) is 0 Å². The van der Waals surface area contributed by atoms with Crippen molar-refractivity contribution in [1.29, 1.82) is 0 Å². The van der Waals surface area contributed by atoms with Crippen LogP contribution in [0.1, 0.15) is 20.3 Å². The van der Waals surface area contributed by atoms with E-state index in [9.17, 15) is 4.39 Å². The van der Waals surface area contributed by atoms with Crippen LogP contribution in [0, 0.1) is 11.7 Å². The predicted octanol–water partition coefficient (Wildman–Crippen LogP) is 3.30. The molecule has 0 aliphatic carbocycles. The van der Waals surface area contributed by atoms with E-state index in [1.807, 2.05) is 0 Å². The molecule has 1 aromatic rings. The van der Waals surface area contributed by atoms with E-state index < -0.39 is 0 Å². The first-order valence-corrected chi connectivity index (χ1v) is 6.88. The number of benzene rings is 1. The molecule has 2 rings (SSSR count). The molecule has 4 heteroatoms. The van der Waals surface area contributed by atoms with Gasteiger partial charge in [-0.1, -0.05) is 31.5 Å². The van der Waals surface area contributed by atoms with Gasteiger partial charge >= 0.3 is 0 Å². The number of rotatable bonds is 3. The van der Waals surface area contributed by atoms with Crippen molar-refractivity contribution >= 4 is 17.3 Å². The van der Waals surface area contributed by atoms with Crippen molar-refractivity contribution in [3.63, 3.8) is 0 Å². The first-order valence-electron chi connectivity index (χ1n) is 6.50. The molecule has 0 saturated carbocycles. The summed E-state index contributed by atoms with van der Waals surface area (Å²) in [6.45, 7) is 6.98. The molecule has 0 radical (unpaired) electrons. The number of anilines is 1. The Balaban J connectivity index is 2.11. The van der Waals surface area contributed by atoms with Crippen LogP contribution in [0.5, 0.6) is 0 Å². The van der Waals surface area contributed by atoms with E-state index >= 15 is 0 Å². The second kappa shape index (κ2) is 5.89. The van der Waals surface area contributed by atoms with E-state index in [0.717, 1.165) is 26.1 Å². The standard InChI is InChI=1S/C14H20ClFN2/c1-10(2)8-11-9-18(7-6-17-11)13-5-3-4-12(15)14(13)16/h3-5,10-11,17H,6-9H2,1-2H3. The first-order chi connectivity index (χ1) is 8.58. The monoisotopic (exact) mass is 270 g/mol. The van der Waals surface area contributed by atoms with Gasteiger partial charge in [-0.15, -0.1) is 0 Å². The van der Waals surface area contributed by atoms with Crippen LogP contribution in [0.2, 0.25) is 5.02 Å². The summed E-state index contributed by atoms with van der Waals surface area (Å²) >= 11 is 5.84. The third kappa shape index (κ3) is 3.15. The Labute approximate surface area is 113 Å². The summed E-state index contributed by atoms with van der Waals surface area (Å²) in [4.78, 5) is 2.09. The highest BCUT2D eigenvalue weighted by Gasteiger charge is 2.22. The molecule has 1 atom stereocenters. The Bertz CT molecular complexity index is 409. The van der Waals surface area contributed by atoms with Gasteiger partial charge in [-0.2, -0.15) is 0 Å². The Morgan fingerprint density at radius 3 is 3.00 bits per heavy atom. The lowest BCUT2D eigenvalue weighted by Gasteiger charge is -2.36. The lowest BCUT2D eigenvalue weighted by Crippen LogP contribution is -2.51. The minimum absolute atomic E-state index is 0.200. The zero-order chi connectivity index (χ0) is 13.1. The molecule has 2 nitrogen and oxygen atoms in total.